The summed E-state index contributed by atoms with van der Waals surface area (Å²) < 4.78 is 0. The van der Waals surface area contributed by atoms with Crippen molar-refractivity contribution >= 4 is 17.8 Å². The van der Waals surface area contributed by atoms with Crippen molar-refractivity contribution in [1.29, 1.82) is 0 Å². The van der Waals surface area contributed by atoms with Crippen LogP contribution in [0.5, 0.6) is 0 Å². The summed E-state index contributed by atoms with van der Waals surface area (Å²) in [5, 5.41) is 2.89. The minimum Gasteiger partial charge on any atom is -0.340 e. The summed E-state index contributed by atoms with van der Waals surface area (Å²) in [5.74, 6) is -0.389. The number of urea groups is 1. The van der Waals surface area contributed by atoms with Crippen molar-refractivity contribution in [3.8, 4) is 0 Å². The molecule has 2 fully saturated rings. The van der Waals surface area contributed by atoms with Crippen molar-refractivity contribution in [3.05, 3.63) is 35.4 Å². The van der Waals surface area contributed by atoms with Crippen molar-refractivity contribution in [2.45, 2.75) is 51.6 Å². The highest BCUT2D eigenvalue weighted by atomic mass is 16.2. The predicted molar refractivity (Wildman–Crippen MR) is 98.3 cm³/mol. The number of carbonyl (C=O) groups excluding carboxylic acids is 3. The molecule has 140 valence electrons. The van der Waals surface area contributed by atoms with Crippen molar-refractivity contribution in [2.75, 3.05) is 13.6 Å². The summed E-state index contributed by atoms with van der Waals surface area (Å²) in [4.78, 5) is 40.5. The third-order valence-corrected chi connectivity index (χ3v) is 5.76. The lowest BCUT2D eigenvalue weighted by atomic mass is 9.73. The van der Waals surface area contributed by atoms with Crippen molar-refractivity contribution in [1.82, 2.24) is 15.1 Å². The maximum absolute atomic E-state index is 12.9. The van der Waals surface area contributed by atoms with Crippen LogP contribution in [0.1, 0.15) is 43.7 Å². The summed E-state index contributed by atoms with van der Waals surface area (Å²) in [7, 11) is 1.69. The zero-order valence-corrected chi connectivity index (χ0v) is 15.7. The highest BCUT2D eigenvalue weighted by molar-refractivity contribution is 6.09. The lowest BCUT2D eigenvalue weighted by molar-refractivity contribution is -0.140. The lowest BCUT2D eigenvalue weighted by Gasteiger charge is -2.36. The van der Waals surface area contributed by atoms with Crippen LogP contribution in [0.15, 0.2) is 24.3 Å². The molecule has 0 aromatic heterocycles. The predicted octanol–water partition coefficient (Wildman–Crippen LogP) is 2.45. The summed E-state index contributed by atoms with van der Waals surface area (Å²) >= 11 is 0. The van der Waals surface area contributed by atoms with Crippen LogP contribution in [0, 0.1) is 12.8 Å². The molecule has 2 aliphatic rings. The number of aryl methyl sites for hydroxylation is 1. The minimum atomic E-state index is -0.814. The molecule has 1 aliphatic carbocycles. The van der Waals surface area contributed by atoms with E-state index in [0.29, 0.717) is 13.0 Å². The largest absolute Gasteiger partial charge is 0.340 e. The number of hydrogen-bond donors (Lipinski definition) is 1. The van der Waals surface area contributed by atoms with E-state index in [4.69, 9.17) is 0 Å². The van der Waals surface area contributed by atoms with Crippen LogP contribution in [-0.4, -0.2) is 46.8 Å². The van der Waals surface area contributed by atoms with Gasteiger partial charge in [0.15, 0.2) is 0 Å². The smallest absolute Gasteiger partial charge is 0.325 e. The Morgan fingerprint density at radius 1 is 1.27 bits per heavy atom. The molecule has 0 radical (unpaired) electrons. The molecule has 1 saturated heterocycles. The van der Waals surface area contributed by atoms with Gasteiger partial charge in [-0.25, -0.2) is 4.79 Å². The van der Waals surface area contributed by atoms with Crippen LogP contribution >= 0.6 is 0 Å². The molecule has 6 nitrogen and oxygen atoms in total. The van der Waals surface area contributed by atoms with Gasteiger partial charge >= 0.3 is 6.03 Å². The lowest BCUT2D eigenvalue weighted by Crippen LogP contribution is -2.54. The van der Waals surface area contributed by atoms with Gasteiger partial charge in [-0.3, -0.25) is 14.5 Å². The second-order valence-corrected chi connectivity index (χ2v) is 7.68. The van der Waals surface area contributed by atoms with Gasteiger partial charge in [-0.1, -0.05) is 49.6 Å². The van der Waals surface area contributed by atoms with Gasteiger partial charge in [0.1, 0.15) is 12.1 Å². The van der Waals surface area contributed by atoms with Crippen LogP contribution in [0.4, 0.5) is 4.79 Å². The fourth-order valence-corrected chi connectivity index (χ4v) is 3.95. The van der Waals surface area contributed by atoms with E-state index >= 15 is 0 Å². The Bertz CT molecular complexity index is 716. The van der Waals surface area contributed by atoms with Gasteiger partial charge in [0, 0.05) is 13.6 Å². The summed E-state index contributed by atoms with van der Waals surface area (Å²) in [6.45, 7) is 4.26. The average molecular weight is 357 g/mol. The summed E-state index contributed by atoms with van der Waals surface area (Å²) in [6, 6.07) is 7.51. The van der Waals surface area contributed by atoms with Crippen LogP contribution in [0.3, 0.4) is 0 Å². The number of likely N-dealkylation sites (N-methyl/N-ethyl adjacent to an activating group) is 1. The van der Waals surface area contributed by atoms with E-state index in [1.165, 1.54) is 0 Å². The SMILES string of the molecule is Cc1ccc(CN(C)C(=O)CN2C(=O)NC3(CCCCC3C)C2=O)cc1. The third-order valence-electron chi connectivity index (χ3n) is 5.76. The molecule has 0 bridgehead atoms. The van der Waals surface area contributed by atoms with E-state index in [1.54, 1.807) is 11.9 Å². The second kappa shape index (κ2) is 7.09. The van der Waals surface area contributed by atoms with Gasteiger partial charge < -0.3 is 10.2 Å². The number of imide groups is 1. The molecule has 1 aromatic rings. The molecule has 3 rings (SSSR count). The quantitative estimate of drug-likeness (QED) is 0.842. The van der Waals surface area contributed by atoms with Gasteiger partial charge in [0.25, 0.3) is 5.91 Å². The molecular weight excluding hydrogens is 330 g/mol. The van der Waals surface area contributed by atoms with Crippen LogP contribution in [-0.2, 0) is 16.1 Å². The molecule has 1 aliphatic heterocycles. The molecule has 1 heterocycles. The van der Waals surface area contributed by atoms with Crippen LogP contribution in [0.25, 0.3) is 0 Å². The topological polar surface area (TPSA) is 69.7 Å². The Morgan fingerprint density at radius 3 is 2.62 bits per heavy atom. The molecule has 2 atom stereocenters. The molecule has 6 heteroatoms. The molecule has 1 spiro atoms. The Hall–Kier alpha value is -2.37. The van der Waals surface area contributed by atoms with Crippen LogP contribution in [0.2, 0.25) is 0 Å². The van der Waals surface area contributed by atoms with Crippen molar-refractivity contribution in [3.63, 3.8) is 0 Å². The Morgan fingerprint density at radius 2 is 1.96 bits per heavy atom. The second-order valence-electron chi connectivity index (χ2n) is 7.68. The van der Waals surface area contributed by atoms with Gasteiger partial charge in [-0.05, 0) is 31.2 Å². The average Bonchev–Trinajstić information content (AvgIpc) is 2.84. The van der Waals surface area contributed by atoms with Gasteiger partial charge in [-0.15, -0.1) is 0 Å². The first-order valence-corrected chi connectivity index (χ1v) is 9.27. The Labute approximate surface area is 154 Å². The normalized spacial score (nSPS) is 25.5. The number of rotatable bonds is 4. The summed E-state index contributed by atoms with van der Waals surface area (Å²) in [5.41, 5.74) is 1.36. The fourth-order valence-electron chi connectivity index (χ4n) is 3.95. The van der Waals surface area contributed by atoms with E-state index in [-0.39, 0.29) is 24.3 Å². The highest BCUT2D eigenvalue weighted by Crippen LogP contribution is 2.38. The number of hydrogen-bond acceptors (Lipinski definition) is 3. The highest BCUT2D eigenvalue weighted by Gasteiger charge is 2.55. The van der Waals surface area contributed by atoms with Gasteiger partial charge in [0.05, 0.1) is 0 Å². The first-order chi connectivity index (χ1) is 12.3. The monoisotopic (exact) mass is 357 g/mol. The molecule has 26 heavy (non-hydrogen) atoms. The number of nitrogens with one attached hydrogen (secondary N) is 1. The van der Waals surface area contributed by atoms with Crippen LogP contribution < -0.4 is 5.32 Å². The van der Waals surface area contributed by atoms with Gasteiger partial charge in [0.2, 0.25) is 5.91 Å². The third kappa shape index (κ3) is 3.32. The number of amides is 4. The number of benzene rings is 1. The van der Waals surface area contributed by atoms with Crippen molar-refractivity contribution < 1.29 is 14.4 Å². The molecular formula is C20H27N3O3. The first-order valence-electron chi connectivity index (χ1n) is 9.27. The Kier molecular flexibility index (Phi) is 5.03. The molecule has 1 saturated carbocycles. The maximum Gasteiger partial charge on any atom is 0.325 e. The number of carbonyl (C=O) groups is 3. The van der Waals surface area contributed by atoms with E-state index in [9.17, 15) is 14.4 Å². The molecule has 1 N–H and O–H groups in total. The molecule has 2 unspecified atom stereocenters. The van der Waals surface area contributed by atoms with E-state index < -0.39 is 11.6 Å². The summed E-state index contributed by atoms with van der Waals surface area (Å²) in [6.07, 6.45) is 3.57. The van der Waals surface area contributed by atoms with E-state index in [0.717, 1.165) is 35.3 Å². The first kappa shape index (κ1) is 18.4. The minimum absolute atomic E-state index is 0.0955. The Balaban J connectivity index is 1.66. The van der Waals surface area contributed by atoms with Gasteiger partial charge in [-0.2, -0.15) is 0 Å². The molecule has 4 amide bonds. The fraction of sp³-hybridized carbons (Fsp3) is 0.550. The zero-order chi connectivity index (χ0) is 18.9. The van der Waals surface area contributed by atoms with E-state index in [1.807, 2.05) is 38.1 Å². The van der Waals surface area contributed by atoms with Crippen molar-refractivity contribution in [2.24, 2.45) is 5.92 Å². The number of nitrogens with zero attached hydrogens (tertiary/aromatic N) is 2. The maximum atomic E-state index is 12.9. The zero-order valence-electron chi connectivity index (χ0n) is 15.7. The molecule has 1 aromatic carbocycles. The van der Waals surface area contributed by atoms with E-state index in [2.05, 4.69) is 5.32 Å². The standard InChI is InChI=1S/C20H27N3O3/c1-14-7-9-16(10-8-14)12-22(3)17(24)13-23-18(25)20(21-19(23)26)11-5-4-6-15(20)2/h7-10,15H,4-6,11-13H2,1-3H3,(H,21,26).